The molecule has 1 unspecified atom stereocenters. The Morgan fingerprint density at radius 3 is 2.58 bits per heavy atom. The zero-order valence-corrected chi connectivity index (χ0v) is 19.9. The van der Waals surface area contributed by atoms with E-state index in [0.717, 1.165) is 12.8 Å². The van der Waals surface area contributed by atoms with Crippen LogP contribution in [-0.4, -0.2) is 29.1 Å². The Kier molecular flexibility index (Phi) is 7.06. The van der Waals surface area contributed by atoms with Crippen LogP contribution < -0.4 is 10.1 Å². The van der Waals surface area contributed by atoms with Gasteiger partial charge in [-0.1, -0.05) is 19.1 Å². The van der Waals surface area contributed by atoms with E-state index < -0.39 is 17.6 Å². The lowest BCUT2D eigenvalue weighted by atomic mass is 9.82. The normalized spacial score (nSPS) is 15.2. The third kappa shape index (κ3) is 6.32. The zero-order valence-electron chi connectivity index (χ0n) is 19.9. The van der Waals surface area contributed by atoms with Gasteiger partial charge in [0.2, 0.25) is 0 Å². The number of benzene rings is 1. The van der Waals surface area contributed by atoms with E-state index in [1.54, 1.807) is 45.0 Å². The lowest BCUT2D eigenvalue weighted by Crippen LogP contribution is -2.29. The topological polar surface area (TPSA) is 101 Å². The van der Waals surface area contributed by atoms with Crippen molar-refractivity contribution in [2.45, 2.75) is 65.4 Å². The highest BCUT2D eigenvalue weighted by Crippen LogP contribution is 2.50. The predicted octanol–water partition coefficient (Wildman–Crippen LogP) is 5.39. The molecule has 1 aromatic heterocycles. The average Bonchev–Trinajstić information content (AvgIpc) is 3.50. The van der Waals surface area contributed by atoms with Crippen LogP contribution in [0.5, 0.6) is 5.75 Å². The first-order valence-corrected chi connectivity index (χ1v) is 11.2. The van der Waals surface area contributed by atoms with Crippen LogP contribution in [-0.2, 0) is 16.0 Å². The molecular formula is C26H31N3O4. The molecule has 1 N–H and O–H groups in total. The molecule has 3 rings (SSSR count). The monoisotopic (exact) mass is 449 g/mol. The first-order chi connectivity index (χ1) is 15.5. The molecule has 1 heterocycles. The number of aromatic nitrogens is 1. The van der Waals surface area contributed by atoms with Gasteiger partial charge in [-0.25, -0.2) is 9.78 Å². The Bertz CT molecular complexity index is 1080. The second kappa shape index (κ2) is 9.62. The van der Waals surface area contributed by atoms with Gasteiger partial charge in [-0.3, -0.25) is 10.1 Å². The lowest BCUT2D eigenvalue weighted by Gasteiger charge is -2.24. The number of nitrogens with zero attached hydrogens (tertiary/aromatic N) is 2. The molecule has 0 aliphatic heterocycles. The highest BCUT2D eigenvalue weighted by atomic mass is 16.6. The molecular weight excluding hydrogens is 418 g/mol. The molecule has 0 spiro atoms. The summed E-state index contributed by atoms with van der Waals surface area (Å²) >= 11 is 0. The number of ketones is 1. The van der Waals surface area contributed by atoms with Gasteiger partial charge < -0.3 is 9.47 Å². The molecule has 7 nitrogen and oxygen atoms in total. The largest absolute Gasteiger partial charge is 0.494 e. The van der Waals surface area contributed by atoms with E-state index in [2.05, 4.69) is 10.3 Å². The third-order valence-electron chi connectivity index (χ3n) is 5.59. The van der Waals surface area contributed by atoms with Gasteiger partial charge in [0.05, 0.1) is 18.2 Å². The molecule has 1 aliphatic rings. The fraction of sp³-hybridized carbons (Fsp3) is 0.462. The van der Waals surface area contributed by atoms with Gasteiger partial charge in [0, 0.05) is 23.6 Å². The number of anilines is 1. The van der Waals surface area contributed by atoms with E-state index in [9.17, 15) is 14.9 Å². The van der Waals surface area contributed by atoms with Crippen molar-refractivity contribution in [3.63, 3.8) is 0 Å². The fourth-order valence-electron chi connectivity index (χ4n) is 3.68. The highest BCUT2D eigenvalue weighted by molar-refractivity contribution is 5.96. The summed E-state index contributed by atoms with van der Waals surface area (Å²) in [7, 11) is 0. The number of pyridine rings is 1. The zero-order chi connectivity index (χ0) is 24.2. The number of Topliss-reactive ketones (excluding diaryl/α,β-unsaturated/α-hetero) is 1. The van der Waals surface area contributed by atoms with E-state index in [0.29, 0.717) is 41.4 Å². The Morgan fingerprint density at radius 2 is 1.97 bits per heavy atom. The predicted molar refractivity (Wildman–Crippen MR) is 125 cm³/mol. The second-order valence-electron chi connectivity index (χ2n) is 9.62. The van der Waals surface area contributed by atoms with Gasteiger partial charge in [-0.05, 0) is 64.3 Å². The third-order valence-corrected chi connectivity index (χ3v) is 5.59. The summed E-state index contributed by atoms with van der Waals surface area (Å²) in [5.74, 6) is 0.142. The van der Waals surface area contributed by atoms with Crippen LogP contribution in [0.2, 0.25) is 0 Å². The first kappa shape index (κ1) is 24.2. The van der Waals surface area contributed by atoms with Gasteiger partial charge in [0.1, 0.15) is 28.9 Å². The Morgan fingerprint density at radius 1 is 1.24 bits per heavy atom. The van der Waals surface area contributed by atoms with Crippen molar-refractivity contribution >= 4 is 17.6 Å². The number of nitriles is 1. The number of carbonyl (C=O) groups is 2. The van der Waals surface area contributed by atoms with Gasteiger partial charge in [-0.15, -0.1) is 0 Å². The van der Waals surface area contributed by atoms with E-state index in [1.807, 2.05) is 32.0 Å². The molecule has 0 saturated heterocycles. The number of hydrogen-bond donors (Lipinski definition) is 1. The molecule has 1 amide bonds. The minimum atomic E-state index is -0.667. The Labute approximate surface area is 195 Å². The molecule has 0 radical (unpaired) electrons. The van der Waals surface area contributed by atoms with E-state index in [-0.39, 0.29) is 11.2 Å². The number of nitrogens with one attached hydrogen (secondary N) is 1. The minimum Gasteiger partial charge on any atom is -0.494 e. The summed E-state index contributed by atoms with van der Waals surface area (Å²) in [4.78, 5) is 30.6. The quantitative estimate of drug-likeness (QED) is 0.579. The second-order valence-corrected chi connectivity index (χ2v) is 9.62. The standard InChI is InChI=1S/C26H31N3O4/c1-6-32-19-10-11-20(22(15-19)29-24(31)33-25(2,3)4)21(23(30)26(5)12-13-26)14-17-8-7-9-18(16-27)28-17/h7-11,15,21H,6,12-14H2,1-5H3,(H,29,31). The Balaban J connectivity index is 2.02. The van der Waals surface area contributed by atoms with Crippen LogP contribution in [0.3, 0.4) is 0 Å². The molecule has 33 heavy (non-hydrogen) atoms. The number of rotatable bonds is 8. The molecule has 7 heteroatoms. The van der Waals surface area contributed by atoms with E-state index in [4.69, 9.17) is 9.47 Å². The van der Waals surface area contributed by atoms with Crippen molar-refractivity contribution in [1.82, 2.24) is 4.98 Å². The highest BCUT2D eigenvalue weighted by Gasteiger charge is 2.48. The summed E-state index contributed by atoms with van der Waals surface area (Å²) in [6, 6.07) is 12.6. The van der Waals surface area contributed by atoms with Gasteiger partial charge >= 0.3 is 6.09 Å². The van der Waals surface area contributed by atoms with Crippen molar-refractivity contribution in [2.75, 3.05) is 11.9 Å². The van der Waals surface area contributed by atoms with Gasteiger partial charge in [0.25, 0.3) is 0 Å². The van der Waals surface area contributed by atoms with Crippen LogP contribution in [0.4, 0.5) is 10.5 Å². The summed E-state index contributed by atoms with van der Waals surface area (Å²) < 4.78 is 11.1. The summed E-state index contributed by atoms with van der Waals surface area (Å²) in [5, 5.41) is 12.0. The van der Waals surface area contributed by atoms with Crippen molar-refractivity contribution in [1.29, 1.82) is 5.26 Å². The van der Waals surface area contributed by atoms with Crippen molar-refractivity contribution in [3.8, 4) is 11.8 Å². The number of ether oxygens (including phenoxy) is 2. The molecule has 1 atom stereocenters. The van der Waals surface area contributed by atoms with Crippen LogP contribution in [0.25, 0.3) is 0 Å². The maximum atomic E-state index is 13.6. The van der Waals surface area contributed by atoms with E-state index >= 15 is 0 Å². The van der Waals surface area contributed by atoms with Crippen LogP contribution in [0.1, 0.15) is 70.3 Å². The molecule has 174 valence electrons. The summed E-state index contributed by atoms with van der Waals surface area (Å²) in [5.41, 5.74) is 1.03. The molecule has 1 aromatic carbocycles. The SMILES string of the molecule is CCOc1ccc(C(Cc2cccc(C#N)n2)C(=O)C2(C)CC2)c(NC(=O)OC(C)(C)C)c1. The van der Waals surface area contributed by atoms with Crippen LogP contribution in [0, 0.1) is 16.7 Å². The van der Waals surface area contributed by atoms with E-state index in [1.165, 1.54) is 0 Å². The molecule has 0 bridgehead atoms. The van der Waals surface area contributed by atoms with Gasteiger partial charge in [-0.2, -0.15) is 5.26 Å². The fourth-order valence-corrected chi connectivity index (χ4v) is 3.68. The molecule has 1 aliphatic carbocycles. The van der Waals surface area contributed by atoms with Crippen molar-refractivity contribution in [3.05, 3.63) is 53.3 Å². The molecule has 2 aromatic rings. The summed E-state index contributed by atoms with van der Waals surface area (Å²) in [6.07, 6.45) is 1.38. The van der Waals surface area contributed by atoms with Crippen LogP contribution >= 0.6 is 0 Å². The summed E-state index contributed by atoms with van der Waals surface area (Å²) in [6.45, 7) is 9.69. The average molecular weight is 450 g/mol. The molecule has 1 saturated carbocycles. The number of carbonyl (C=O) groups excluding carboxylic acids is 2. The maximum absolute atomic E-state index is 13.6. The van der Waals surface area contributed by atoms with Crippen molar-refractivity contribution < 1.29 is 19.1 Å². The van der Waals surface area contributed by atoms with Crippen LogP contribution in [0.15, 0.2) is 36.4 Å². The first-order valence-electron chi connectivity index (χ1n) is 11.2. The minimum absolute atomic E-state index is 0.100. The molecule has 1 fully saturated rings. The number of amides is 1. The van der Waals surface area contributed by atoms with Gasteiger partial charge in [0.15, 0.2) is 0 Å². The number of hydrogen-bond acceptors (Lipinski definition) is 6. The van der Waals surface area contributed by atoms with Crippen molar-refractivity contribution in [2.24, 2.45) is 5.41 Å². The lowest BCUT2D eigenvalue weighted by molar-refractivity contribution is -0.125. The smallest absolute Gasteiger partial charge is 0.412 e. The Hall–Kier alpha value is -3.40. The maximum Gasteiger partial charge on any atom is 0.412 e.